The molecule has 2 aromatic carbocycles. The lowest BCUT2D eigenvalue weighted by Crippen LogP contribution is -2.24. The Labute approximate surface area is 144 Å². The van der Waals surface area contributed by atoms with E-state index in [1.54, 1.807) is 19.2 Å². The molecule has 0 fully saturated rings. The minimum absolute atomic E-state index is 0.0185. The largest absolute Gasteiger partial charge is 0.435 e. The van der Waals surface area contributed by atoms with E-state index in [4.69, 9.17) is 0 Å². The monoisotopic (exact) mass is 348 g/mol. The van der Waals surface area contributed by atoms with E-state index < -0.39 is 6.61 Å². The van der Waals surface area contributed by atoms with Gasteiger partial charge in [-0.1, -0.05) is 18.2 Å². The van der Waals surface area contributed by atoms with E-state index in [-0.39, 0.29) is 17.6 Å². The third-order valence-corrected chi connectivity index (χ3v) is 3.55. The zero-order valence-electron chi connectivity index (χ0n) is 13.8. The Kier molecular flexibility index (Phi) is 6.05. The van der Waals surface area contributed by atoms with Gasteiger partial charge >= 0.3 is 6.61 Å². The molecule has 25 heavy (non-hydrogen) atoms. The van der Waals surface area contributed by atoms with Gasteiger partial charge in [-0.25, -0.2) is 0 Å². The van der Waals surface area contributed by atoms with Gasteiger partial charge in [-0.05, 0) is 35.9 Å². The number of nitrogens with zero attached hydrogens (tertiary/aromatic N) is 1. The van der Waals surface area contributed by atoms with Gasteiger partial charge in [0.25, 0.3) is 5.91 Å². The standard InChI is InChI=1S/C18H18F2N2O3/c1-12(23)22(2)11-14-5-3-4-6-16(14)21-17(24)13-7-9-15(10-8-13)25-18(19)20/h3-10,18H,11H2,1-2H3,(H,21,24). The number of nitrogens with one attached hydrogen (secondary N) is 1. The number of benzene rings is 2. The first-order chi connectivity index (χ1) is 11.9. The summed E-state index contributed by atoms with van der Waals surface area (Å²) in [5.74, 6) is -0.493. The van der Waals surface area contributed by atoms with E-state index in [2.05, 4.69) is 10.1 Å². The average molecular weight is 348 g/mol. The first kappa shape index (κ1) is 18.4. The van der Waals surface area contributed by atoms with Crippen LogP contribution in [0.3, 0.4) is 0 Å². The molecule has 0 aromatic heterocycles. The quantitative estimate of drug-likeness (QED) is 0.869. The molecule has 0 radical (unpaired) electrons. The van der Waals surface area contributed by atoms with E-state index in [1.165, 1.54) is 36.1 Å². The third kappa shape index (κ3) is 5.27. The molecule has 2 aromatic rings. The summed E-state index contributed by atoms with van der Waals surface area (Å²) in [5, 5.41) is 2.77. The second kappa shape index (κ2) is 8.23. The van der Waals surface area contributed by atoms with E-state index >= 15 is 0 Å². The van der Waals surface area contributed by atoms with Gasteiger partial charge in [0.1, 0.15) is 5.75 Å². The molecule has 2 rings (SSSR count). The molecule has 0 atom stereocenters. The van der Waals surface area contributed by atoms with Crippen LogP contribution in [0, 0.1) is 0 Å². The SMILES string of the molecule is CC(=O)N(C)Cc1ccccc1NC(=O)c1ccc(OC(F)F)cc1. The van der Waals surface area contributed by atoms with Crippen LogP contribution >= 0.6 is 0 Å². The van der Waals surface area contributed by atoms with E-state index in [9.17, 15) is 18.4 Å². The molecule has 0 saturated carbocycles. The summed E-state index contributed by atoms with van der Waals surface area (Å²) in [6.07, 6.45) is 0. The number of carbonyl (C=O) groups excluding carboxylic acids is 2. The minimum Gasteiger partial charge on any atom is -0.435 e. The number of hydrogen-bond acceptors (Lipinski definition) is 3. The predicted molar refractivity (Wildman–Crippen MR) is 89.6 cm³/mol. The van der Waals surface area contributed by atoms with Crippen molar-refractivity contribution in [1.29, 1.82) is 0 Å². The summed E-state index contributed by atoms with van der Waals surface area (Å²) in [6, 6.07) is 12.5. The molecule has 0 unspecified atom stereocenters. The molecule has 132 valence electrons. The molecule has 0 heterocycles. The molecule has 0 spiro atoms. The Balaban J connectivity index is 2.11. The molecule has 2 amide bonds. The van der Waals surface area contributed by atoms with Gasteiger partial charge in [0.05, 0.1) is 0 Å². The van der Waals surface area contributed by atoms with Crippen LogP contribution < -0.4 is 10.1 Å². The van der Waals surface area contributed by atoms with Crippen LogP contribution in [0.1, 0.15) is 22.8 Å². The number of anilines is 1. The maximum atomic E-state index is 12.3. The first-order valence-electron chi connectivity index (χ1n) is 7.52. The molecule has 5 nitrogen and oxygen atoms in total. The van der Waals surface area contributed by atoms with Crippen LogP contribution in [0.15, 0.2) is 48.5 Å². The highest BCUT2D eigenvalue weighted by Crippen LogP contribution is 2.19. The third-order valence-electron chi connectivity index (χ3n) is 3.55. The van der Waals surface area contributed by atoms with Crippen LogP contribution in [-0.4, -0.2) is 30.4 Å². The van der Waals surface area contributed by atoms with Crippen molar-refractivity contribution in [3.8, 4) is 5.75 Å². The number of hydrogen-bond donors (Lipinski definition) is 1. The molecule has 7 heteroatoms. The highest BCUT2D eigenvalue weighted by atomic mass is 19.3. The summed E-state index contributed by atoms with van der Waals surface area (Å²) < 4.78 is 28.5. The molecule has 1 N–H and O–H groups in total. The Morgan fingerprint density at radius 3 is 2.36 bits per heavy atom. The molecule has 0 bridgehead atoms. The fraction of sp³-hybridized carbons (Fsp3) is 0.222. The van der Waals surface area contributed by atoms with Gasteiger partial charge in [0, 0.05) is 31.8 Å². The van der Waals surface area contributed by atoms with Crippen LogP contribution in [0.5, 0.6) is 5.75 Å². The number of alkyl halides is 2. The van der Waals surface area contributed by atoms with Crippen molar-refractivity contribution in [2.75, 3.05) is 12.4 Å². The molecule has 0 aliphatic heterocycles. The molecule has 0 saturated heterocycles. The van der Waals surface area contributed by atoms with Gasteiger partial charge < -0.3 is 15.0 Å². The lowest BCUT2D eigenvalue weighted by atomic mass is 10.1. The highest BCUT2D eigenvalue weighted by Gasteiger charge is 2.12. The Hall–Kier alpha value is -2.96. The minimum atomic E-state index is -2.91. The fourth-order valence-corrected chi connectivity index (χ4v) is 2.13. The van der Waals surface area contributed by atoms with Crippen LogP contribution in [0.2, 0.25) is 0 Å². The van der Waals surface area contributed by atoms with Crippen molar-refractivity contribution in [2.45, 2.75) is 20.1 Å². The van der Waals surface area contributed by atoms with Crippen molar-refractivity contribution < 1.29 is 23.1 Å². The van der Waals surface area contributed by atoms with Gasteiger partial charge in [-0.2, -0.15) is 8.78 Å². The van der Waals surface area contributed by atoms with Gasteiger partial charge in [-0.15, -0.1) is 0 Å². The maximum absolute atomic E-state index is 12.3. The lowest BCUT2D eigenvalue weighted by molar-refractivity contribution is -0.128. The molecule has 0 aliphatic rings. The predicted octanol–water partition coefficient (Wildman–Crippen LogP) is 3.52. The number of rotatable bonds is 6. The van der Waals surface area contributed by atoms with Crippen LogP contribution in [0.4, 0.5) is 14.5 Å². The summed E-state index contributed by atoms with van der Waals surface area (Å²) >= 11 is 0. The molecule has 0 aliphatic carbocycles. The smallest absolute Gasteiger partial charge is 0.387 e. The zero-order valence-corrected chi connectivity index (χ0v) is 13.8. The van der Waals surface area contributed by atoms with Crippen molar-refractivity contribution in [1.82, 2.24) is 4.90 Å². The number of carbonyl (C=O) groups is 2. The number of ether oxygens (including phenoxy) is 1. The van der Waals surface area contributed by atoms with Crippen LogP contribution in [0.25, 0.3) is 0 Å². The Morgan fingerprint density at radius 1 is 1.12 bits per heavy atom. The number of amides is 2. The van der Waals surface area contributed by atoms with Crippen molar-refractivity contribution >= 4 is 17.5 Å². The topological polar surface area (TPSA) is 58.6 Å². The first-order valence-corrected chi connectivity index (χ1v) is 7.52. The van der Waals surface area contributed by atoms with E-state index in [0.717, 1.165) is 5.56 Å². The summed E-state index contributed by atoms with van der Waals surface area (Å²) in [6.45, 7) is -1.10. The summed E-state index contributed by atoms with van der Waals surface area (Å²) in [5.41, 5.74) is 1.66. The maximum Gasteiger partial charge on any atom is 0.387 e. The van der Waals surface area contributed by atoms with E-state index in [0.29, 0.717) is 17.8 Å². The summed E-state index contributed by atoms with van der Waals surface area (Å²) in [4.78, 5) is 25.3. The second-order valence-corrected chi connectivity index (χ2v) is 5.39. The fourth-order valence-electron chi connectivity index (χ4n) is 2.13. The summed E-state index contributed by atoms with van der Waals surface area (Å²) in [7, 11) is 1.67. The normalized spacial score (nSPS) is 10.4. The average Bonchev–Trinajstić information content (AvgIpc) is 2.56. The second-order valence-electron chi connectivity index (χ2n) is 5.39. The molecular formula is C18H18F2N2O3. The van der Waals surface area contributed by atoms with Gasteiger partial charge in [0.2, 0.25) is 5.91 Å². The van der Waals surface area contributed by atoms with Crippen molar-refractivity contribution in [3.63, 3.8) is 0 Å². The zero-order chi connectivity index (χ0) is 18.4. The number of halogens is 2. The van der Waals surface area contributed by atoms with Gasteiger partial charge in [0.15, 0.2) is 0 Å². The Morgan fingerprint density at radius 2 is 1.76 bits per heavy atom. The van der Waals surface area contributed by atoms with Crippen molar-refractivity contribution in [3.05, 3.63) is 59.7 Å². The van der Waals surface area contributed by atoms with Crippen molar-refractivity contribution in [2.24, 2.45) is 0 Å². The lowest BCUT2D eigenvalue weighted by Gasteiger charge is -2.18. The molecular weight excluding hydrogens is 330 g/mol. The van der Waals surface area contributed by atoms with Crippen LogP contribution in [-0.2, 0) is 11.3 Å². The van der Waals surface area contributed by atoms with E-state index in [1.807, 2.05) is 12.1 Å². The Bertz CT molecular complexity index is 748. The number of para-hydroxylation sites is 1. The highest BCUT2D eigenvalue weighted by molar-refractivity contribution is 6.04. The van der Waals surface area contributed by atoms with Gasteiger partial charge in [-0.3, -0.25) is 9.59 Å².